The van der Waals surface area contributed by atoms with Gasteiger partial charge in [0.05, 0.1) is 0 Å². The molecule has 0 unspecified atom stereocenters. The molecular weight excluding hydrogens is 641 g/mol. The smallest absolute Gasteiger partial charge is 0.143 e. The molecule has 1 aromatic heterocycles. The van der Waals surface area contributed by atoms with Crippen LogP contribution in [0.5, 0.6) is 0 Å². The summed E-state index contributed by atoms with van der Waals surface area (Å²) in [6.07, 6.45) is 0. The van der Waals surface area contributed by atoms with Crippen LogP contribution in [0.15, 0.2) is 199 Å². The molecule has 0 atom stereocenters. The Morgan fingerprint density at radius 2 is 0.774 bits per heavy atom. The Bertz CT molecular complexity index is 3080. The van der Waals surface area contributed by atoms with Crippen molar-refractivity contribution in [3.05, 3.63) is 194 Å². The molecule has 246 valence electrons. The van der Waals surface area contributed by atoms with Crippen LogP contribution in [0.2, 0.25) is 0 Å². The second-order valence-corrected chi connectivity index (χ2v) is 14.0. The molecule has 0 N–H and O–H groups in total. The normalized spacial score (nSPS) is 11.8. The summed E-state index contributed by atoms with van der Waals surface area (Å²) >= 11 is 0. The fourth-order valence-electron chi connectivity index (χ4n) is 8.58. The highest BCUT2D eigenvalue weighted by Gasteiger charge is 2.20. The number of para-hydroxylation sites is 1. The summed E-state index contributed by atoms with van der Waals surface area (Å²) in [4.78, 5) is 0. The highest BCUT2D eigenvalue weighted by Crippen LogP contribution is 2.46. The highest BCUT2D eigenvalue weighted by molar-refractivity contribution is 6.29. The highest BCUT2D eigenvalue weighted by atomic mass is 16.3. The van der Waals surface area contributed by atoms with Gasteiger partial charge >= 0.3 is 0 Å². The summed E-state index contributed by atoms with van der Waals surface area (Å²) in [5.74, 6) is 0. The van der Waals surface area contributed by atoms with Crippen LogP contribution in [0.4, 0.5) is 0 Å². The Morgan fingerprint density at radius 3 is 1.42 bits per heavy atom. The molecule has 53 heavy (non-hydrogen) atoms. The van der Waals surface area contributed by atoms with Gasteiger partial charge in [0.15, 0.2) is 0 Å². The monoisotopic (exact) mass is 672 g/mol. The molecule has 0 saturated heterocycles. The summed E-state index contributed by atoms with van der Waals surface area (Å²) in [5.41, 5.74) is 13.8. The largest absolute Gasteiger partial charge is 0.455 e. The van der Waals surface area contributed by atoms with E-state index in [-0.39, 0.29) is 0 Å². The first kappa shape index (κ1) is 29.7. The van der Waals surface area contributed by atoms with E-state index < -0.39 is 0 Å². The van der Waals surface area contributed by atoms with E-state index in [2.05, 4.69) is 194 Å². The number of benzene rings is 10. The topological polar surface area (TPSA) is 13.1 Å². The Balaban J connectivity index is 1.15. The van der Waals surface area contributed by atoms with Crippen molar-refractivity contribution in [2.24, 2.45) is 0 Å². The lowest BCUT2D eigenvalue weighted by Crippen LogP contribution is -1.91. The van der Waals surface area contributed by atoms with Crippen molar-refractivity contribution in [2.45, 2.75) is 0 Å². The zero-order valence-electron chi connectivity index (χ0n) is 28.9. The fourth-order valence-corrected chi connectivity index (χ4v) is 8.58. The molecule has 1 nitrogen and oxygen atoms in total. The van der Waals surface area contributed by atoms with Crippen LogP contribution >= 0.6 is 0 Å². The maximum Gasteiger partial charge on any atom is 0.143 e. The first-order chi connectivity index (χ1) is 26.3. The van der Waals surface area contributed by atoms with Gasteiger partial charge in [0.25, 0.3) is 0 Å². The predicted octanol–water partition coefficient (Wildman–Crippen LogP) is 14.8. The molecule has 10 aromatic carbocycles. The Hall–Kier alpha value is -6.96. The van der Waals surface area contributed by atoms with E-state index in [0.717, 1.165) is 33.1 Å². The molecule has 0 bridgehead atoms. The predicted molar refractivity (Wildman–Crippen MR) is 225 cm³/mol. The van der Waals surface area contributed by atoms with Gasteiger partial charge < -0.3 is 4.42 Å². The van der Waals surface area contributed by atoms with Gasteiger partial charge in [-0.05, 0) is 107 Å². The molecule has 0 spiro atoms. The summed E-state index contributed by atoms with van der Waals surface area (Å²) in [5, 5.41) is 9.92. The molecular formula is C52H32O. The lowest BCUT2D eigenvalue weighted by atomic mass is 9.85. The molecule has 0 aliphatic carbocycles. The van der Waals surface area contributed by atoms with Crippen LogP contribution in [0.25, 0.3) is 110 Å². The zero-order valence-corrected chi connectivity index (χ0v) is 28.9. The van der Waals surface area contributed by atoms with Gasteiger partial charge in [-0.3, -0.25) is 0 Å². The second-order valence-electron chi connectivity index (χ2n) is 14.0. The molecule has 0 fully saturated rings. The van der Waals surface area contributed by atoms with E-state index in [1.165, 1.54) is 76.8 Å². The number of hydrogen-bond acceptors (Lipinski definition) is 1. The van der Waals surface area contributed by atoms with Gasteiger partial charge in [-0.2, -0.15) is 0 Å². The van der Waals surface area contributed by atoms with Crippen molar-refractivity contribution in [3.8, 4) is 55.6 Å². The minimum Gasteiger partial charge on any atom is -0.455 e. The SMILES string of the molecule is c1ccc(-c2cc(-c3ccccc3)cc(-c3ccc4ccc5c(-c6cccc7oc8c(-c9ccccc9)cccc8c67)ccc6ccc3c4c65)c2)cc1. The van der Waals surface area contributed by atoms with Crippen LogP contribution in [-0.2, 0) is 0 Å². The molecule has 1 heteroatoms. The van der Waals surface area contributed by atoms with E-state index in [1.54, 1.807) is 0 Å². The molecule has 11 rings (SSSR count). The number of rotatable bonds is 5. The standard InChI is InChI=1S/C52H32O/c1-4-12-33(13-5-1)38-30-39(34-14-6-2-7-15-34)32-40(31-38)41-26-22-36-25-29-46-43(27-23-37-24-28-45(41)49(36)50(37)46)44-19-11-21-48-51(44)47-20-10-18-42(52(47)53-48)35-16-8-3-9-17-35/h1-32H. The second kappa shape index (κ2) is 11.8. The van der Waals surface area contributed by atoms with Crippen molar-refractivity contribution < 1.29 is 4.42 Å². The van der Waals surface area contributed by atoms with Gasteiger partial charge in [0.2, 0.25) is 0 Å². The maximum atomic E-state index is 6.67. The van der Waals surface area contributed by atoms with Crippen LogP contribution in [0.1, 0.15) is 0 Å². The maximum absolute atomic E-state index is 6.67. The van der Waals surface area contributed by atoms with Gasteiger partial charge in [-0.1, -0.05) is 170 Å². The third-order valence-corrected chi connectivity index (χ3v) is 11.0. The van der Waals surface area contributed by atoms with Gasteiger partial charge in [-0.25, -0.2) is 0 Å². The van der Waals surface area contributed by atoms with Gasteiger partial charge in [0, 0.05) is 16.3 Å². The third-order valence-electron chi connectivity index (χ3n) is 11.0. The van der Waals surface area contributed by atoms with Gasteiger partial charge in [0.1, 0.15) is 11.2 Å². The molecule has 0 amide bonds. The molecule has 11 aromatic rings. The molecule has 0 aliphatic rings. The van der Waals surface area contributed by atoms with E-state index in [0.29, 0.717) is 0 Å². The first-order valence-electron chi connectivity index (χ1n) is 18.3. The van der Waals surface area contributed by atoms with Crippen molar-refractivity contribution in [3.63, 3.8) is 0 Å². The minimum absolute atomic E-state index is 0.904. The Morgan fingerprint density at radius 1 is 0.264 bits per heavy atom. The summed E-state index contributed by atoms with van der Waals surface area (Å²) in [7, 11) is 0. The zero-order chi connectivity index (χ0) is 34.9. The number of fused-ring (bicyclic) bond motifs is 3. The van der Waals surface area contributed by atoms with E-state index >= 15 is 0 Å². The Labute approximate surface area is 307 Å². The minimum atomic E-state index is 0.904. The average molecular weight is 673 g/mol. The van der Waals surface area contributed by atoms with Crippen molar-refractivity contribution in [2.75, 3.05) is 0 Å². The number of hydrogen-bond donors (Lipinski definition) is 0. The summed E-state index contributed by atoms with van der Waals surface area (Å²) in [6, 6.07) is 70.4. The van der Waals surface area contributed by atoms with Crippen LogP contribution in [0.3, 0.4) is 0 Å². The molecule has 0 saturated carbocycles. The van der Waals surface area contributed by atoms with Crippen molar-refractivity contribution >= 4 is 54.3 Å². The van der Waals surface area contributed by atoms with Crippen LogP contribution in [0, 0.1) is 0 Å². The van der Waals surface area contributed by atoms with Crippen molar-refractivity contribution in [1.29, 1.82) is 0 Å². The Kier molecular flexibility index (Phi) is 6.62. The van der Waals surface area contributed by atoms with Gasteiger partial charge in [-0.15, -0.1) is 0 Å². The number of furan rings is 1. The fraction of sp³-hybridized carbons (Fsp3) is 0. The van der Waals surface area contributed by atoms with E-state index in [4.69, 9.17) is 4.42 Å². The molecule has 1 heterocycles. The van der Waals surface area contributed by atoms with Crippen LogP contribution in [-0.4, -0.2) is 0 Å². The average Bonchev–Trinajstić information content (AvgIpc) is 3.63. The third kappa shape index (κ3) is 4.71. The summed E-state index contributed by atoms with van der Waals surface area (Å²) in [6.45, 7) is 0. The lowest BCUT2D eigenvalue weighted by molar-refractivity contribution is 0.670. The van der Waals surface area contributed by atoms with E-state index in [9.17, 15) is 0 Å². The molecule has 0 aliphatic heterocycles. The molecule has 0 radical (unpaired) electrons. The van der Waals surface area contributed by atoms with E-state index in [1.807, 2.05) is 0 Å². The lowest BCUT2D eigenvalue weighted by Gasteiger charge is -2.18. The first-order valence-corrected chi connectivity index (χ1v) is 18.3. The quantitative estimate of drug-likeness (QED) is 0.166. The van der Waals surface area contributed by atoms with Crippen LogP contribution < -0.4 is 0 Å². The van der Waals surface area contributed by atoms with Crippen molar-refractivity contribution in [1.82, 2.24) is 0 Å². The summed E-state index contributed by atoms with van der Waals surface area (Å²) < 4.78 is 6.67.